The van der Waals surface area contributed by atoms with Crippen molar-refractivity contribution in [3.8, 4) is 213 Å². The average Bonchev–Trinajstić information content (AvgIpc) is 1.57. The van der Waals surface area contributed by atoms with Gasteiger partial charge in [-0.15, -0.1) is 0 Å². The smallest absolute Gasteiger partial charge is 0.159 e. The van der Waals surface area contributed by atoms with Gasteiger partial charge in [0.15, 0.2) is 17.5 Å². The highest BCUT2D eigenvalue weighted by atomic mass is 28.3. The Labute approximate surface area is 828 Å². The zero-order valence-corrected chi connectivity index (χ0v) is 82.5. The summed E-state index contributed by atoms with van der Waals surface area (Å²) in [6.07, 6.45) is 0. The van der Waals surface area contributed by atoms with E-state index in [0.717, 1.165) is 101 Å². The van der Waals surface area contributed by atoms with Crippen molar-refractivity contribution >= 4 is 55.7 Å². The SMILES string of the molecule is C[Si]1(C)c2ccccc2-c2c(-c3cc(-c4ccccc4)cc(-c4ccccc4)c3)nc(-c3cc(-c4ccccc4)cc(-c4ccccc4)c3)nc21.C[Si]1(C)c2ccccc2-c2c(-c3ccc(-c4ccccc4)cc3)nc(-c3cc(-c4ccccc4)cc(-c4ccccc4)c3)nc21.C[Si]1(C)c2ccccc2-c2c(-c3cccc(-c4ccccc4)c3)nc(-c3cc(-c4ccccc4)cc(-c4ccccc4)c3)nc21. The Kier molecular flexibility index (Phi) is 23.4. The quantitative estimate of drug-likeness (QED) is 0.0897. The van der Waals surface area contributed by atoms with Crippen LogP contribution in [-0.2, 0) is 0 Å². The Morgan fingerprint density at radius 1 is 0.128 bits per heavy atom. The summed E-state index contributed by atoms with van der Waals surface area (Å²) in [5.41, 5.74) is 40.2. The molecule has 0 bridgehead atoms. The highest BCUT2D eigenvalue weighted by Crippen LogP contribution is 2.46. The minimum Gasteiger partial charge on any atom is -0.237 e. The predicted octanol–water partition coefficient (Wildman–Crippen LogP) is 30.5. The van der Waals surface area contributed by atoms with Crippen molar-refractivity contribution in [2.24, 2.45) is 0 Å². The molecule has 3 aromatic heterocycles. The fourth-order valence-corrected chi connectivity index (χ4v) is 29.7. The van der Waals surface area contributed by atoms with E-state index < -0.39 is 24.2 Å². The molecule has 3 aliphatic rings. The van der Waals surface area contributed by atoms with Crippen LogP contribution in [0.2, 0.25) is 39.3 Å². The van der Waals surface area contributed by atoms with Gasteiger partial charge in [0.25, 0.3) is 0 Å². The van der Waals surface area contributed by atoms with E-state index in [1.165, 1.54) is 143 Å². The van der Waals surface area contributed by atoms with Gasteiger partial charge in [-0.25, -0.2) is 29.9 Å². The number of aromatic nitrogens is 6. The van der Waals surface area contributed by atoms with Crippen LogP contribution in [0.3, 0.4) is 0 Å². The lowest BCUT2D eigenvalue weighted by Crippen LogP contribution is -2.50. The maximum absolute atomic E-state index is 5.60. The molecule has 25 rings (SSSR count). The van der Waals surface area contributed by atoms with Crippen molar-refractivity contribution < 1.29 is 0 Å². The van der Waals surface area contributed by atoms with Crippen LogP contribution < -0.4 is 31.5 Å². The second kappa shape index (κ2) is 37.5. The molecule has 0 radical (unpaired) electrons. The van der Waals surface area contributed by atoms with Gasteiger partial charge in [0.2, 0.25) is 0 Å². The molecule has 0 atom stereocenters. The number of benzene rings is 19. The van der Waals surface area contributed by atoms with Gasteiger partial charge in [-0.1, -0.05) is 458 Å². The second-order valence-electron chi connectivity index (χ2n) is 38.4. The first-order valence-corrected chi connectivity index (χ1v) is 57.6. The maximum atomic E-state index is 5.60. The zero-order chi connectivity index (χ0) is 95.1. The normalized spacial score (nSPS) is 12.8. The summed E-state index contributed by atoms with van der Waals surface area (Å²) in [6, 6.07) is 178. The third-order valence-electron chi connectivity index (χ3n) is 28.3. The third kappa shape index (κ3) is 17.2. The fraction of sp³-hybridized carbons (Fsp3) is 0.0455. The van der Waals surface area contributed by atoms with E-state index in [-0.39, 0.29) is 0 Å². The van der Waals surface area contributed by atoms with Gasteiger partial charge in [-0.05, 0) is 222 Å². The Bertz CT molecular complexity index is 8190. The topological polar surface area (TPSA) is 77.3 Å². The van der Waals surface area contributed by atoms with Gasteiger partial charge in [0, 0.05) is 66.0 Å². The van der Waals surface area contributed by atoms with E-state index in [4.69, 9.17) is 29.9 Å². The van der Waals surface area contributed by atoms with Gasteiger partial charge in [0.1, 0.15) is 24.2 Å². The molecule has 0 spiro atoms. The van der Waals surface area contributed by atoms with Gasteiger partial charge < -0.3 is 0 Å². The van der Waals surface area contributed by atoms with Crippen LogP contribution in [0.25, 0.3) is 213 Å². The van der Waals surface area contributed by atoms with Gasteiger partial charge in [-0.2, -0.15) is 0 Å². The van der Waals surface area contributed by atoms with E-state index in [0.29, 0.717) is 0 Å². The first kappa shape index (κ1) is 88.1. The summed E-state index contributed by atoms with van der Waals surface area (Å²) in [4.78, 5) is 33.0. The van der Waals surface area contributed by atoms with Crippen LogP contribution >= 0.6 is 0 Å². The summed E-state index contributed by atoms with van der Waals surface area (Å²) < 4.78 is 0. The number of hydrogen-bond donors (Lipinski definition) is 0. The minimum absolute atomic E-state index is 0.762. The molecule has 0 saturated carbocycles. The maximum Gasteiger partial charge on any atom is 0.159 e. The van der Waals surface area contributed by atoms with Crippen LogP contribution in [0.15, 0.2) is 497 Å². The molecule has 3 aliphatic heterocycles. The van der Waals surface area contributed by atoms with Gasteiger partial charge in [-0.3, -0.25) is 0 Å². The molecule has 9 heteroatoms. The van der Waals surface area contributed by atoms with Gasteiger partial charge in [0.05, 0.1) is 17.1 Å². The van der Waals surface area contributed by atoms with Crippen LogP contribution in [0.4, 0.5) is 0 Å². The third-order valence-corrected chi connectivity index (χ3v) is 38.2. The zero-order valence-electron chi connectivity index (χ0n) is 79.5. The molecule has 670 valence electrons. The molecule has 6 heterocycles. The molecular formula is C132H100N6Si3. The lowest BCUT2D eigenvalue weighted by Gasteiger charge is -2.20. The number of rotatable bonds is 16. The molecule has 0 aliphatic carbocycles. The number of nitrogens with zero attached hydrogens (tertiary/aromatic N) is 6. The number of fused-ring (bicyclic) bond motifs is 9. The highest BCUT2D eigenvalue weighted by Gasteiger charge is 2.45. The van der Waals surface area contributed by atoms with Crippen molar-refractivity contribution in [3.63, 3.8) is 0 Å². The van der Waals surface area contributed by atoms with E-state index in [1.807, 2.05) is 0 Å². The van der Waals surface area contributed by atoms with Crippen LogP contribution in [-0.4, -0.2) is 54.1 Å². The van der Waals surface area contributed by atoms with Gasteiger partial charge >= 0.3 is 0 Å². The van der Waals surface area contributed by atoms with Crippen molar-refractivity contribution in [3.05, 3.63) is 497 Å². The molecular weight excluding hydrogens is 1750 g/mol. The molecule has 0 N–H and O–H groups in total. The molecule has 0 amide bonds. The molecule has 141 heavy (non-hydrogen) atoms. The van der Waals surface area contributed by atoms with Crippen molar-refractivity contribution in [2.75, 3.05) is 0 Å². The minimum atomic E-state index is -2.17. The van der Waals surface area contributed by atoms with E-state index in [9.17, 15) is 0 Å². The van der Waals surface area contributed by atoms with Crippen LogP contribution in [0.5, 0.6) is 0 Å². The molecule has 0 fully saturated rings. The Morgan fingerprint density at radius 3 is 0.560 bits per heavy atom. The average molecular weight is 1850 g/mol. The van der Waals surface area contributed by atoms with Crippen molar-refractivity contribution in [1.29, 1.82) is 0 Å². The standard InChI is InChI=1S/C48H36N2Si.2C42H32N2Si/c1-51(2)44-26-16-15-25-43(44)45-46(41-29-37(33-17-7-3-8-18-33)27-38(30-41)34-19-9-4-10-20-34)49-47(50-48(45)51)42-31-39(35-21-11-5-12-22-35)28-40(32-42)36-23-13-6-14-24-36;1-45(2)38-24-13-12-23-37(38)39-40(33-22-14-21-32(25-33)29-15-6-3-7-16-29)43-41(44-42(39)45)36-27-34(30-17-8-4-9-18-30)26-35(28-36)31-19-10-5-11-20-31;1-45(2)38-21-13-12-20-37(38)39-40(33-24-22-32(23-25-33)29-14-6-3-7-15-29)43-41(44-42(39)45)36-27-34(30-16-8-4-9-17-30)26-35(28-36)31-18-10-5-11-19-31/h3-32H,1-2H3;2*3-28H,1-2H3. The molecule has 19 aromatic carbocycles. The lowest BCUT2D eigenvalue weighted by atomic mass is 9.92. The van der Waals surface area contributed by atoms with E-state index in [2.05, 4.69) is 537 Å². The first-order valence-electron chi connectivity index (χ1n) is 48.6. The summed E-state index contributed by atoms with van der Waals surface area (Å²) in [5.74, 6) is 2.31. The van der Waals surface area contributed by atoms with E-state index >= 15 is 0 Å². The summed E-state index contributed by atoms with van der Waals surface area (Å²) in [7, 11) is -6.34. The van der Waals surface area contributed by atoms with Crippen molar-refractivity contribution in [1.82, 2.24) is 29.9 Å². The first-order chi connectivity index (χ1) is 69.1. The second-order valence-corrected chi connectivity index (χ2v) is 51.2. The molecule has 0 saturated heterocycles. The summed E-state index contributed by atoms with van der Waals surface area (Å²) in [6.45, 7) is 14.6. The fourth-order valence-electron chi connectivity index (χ4n) is 21.0. The molecule has 6 nitrogen and oxygen atoms in total. The van der Waals surface area contributed by atoms with Crippen LogP contribution in [0, 0.1) is 0 Å². The lowest BCUT2D eigenvalue weighted by molar-refractivity contribution is 1.21. The molecule has 0 unspecified atom stereocenters. The number of hydrogen-bond acceptors (Lipinski definition) is 6. The summed E-state index contributed by atoms with van der Waals surface area (Å²) in [5, 5.41) is 7.88. The Hall–Kier alpha value is -16.9. The van der Waals surface area contributed by atoms with Crippen molar-refractivity contribution in [2.45, 2.75) is 39.3 Å². The largest absolute Gasteiger partial charge is 0.237 e. The Morgan fingerprint density at radius 2 is 0.298 bits per heavy atom. The van der Waals surface area contributed by atoms with E-state index in [1.54, 1.807) is 0 Å². The molecule has 22 aromatic rings. The predicted molar refractivity (Wildman–Crippen MR) is 600 cm³/mol. The summed E-state index contributed by atoms with van der Waals surface area (Å²) >= 11 is 0. The highest BCUT2D eigenvalue weighted by molar-refractivity contribution is 7.04. The Balaban J connectivity index is 0.000000118. The van der Waals surface area contributed by atoms with Crippen LogP contribution in [0.1, 0.15) is 0 Å². The monoisotopic (exact) mass is 1850 g/mol.